The van der Waals surface area contributed by atoms with Crippen LogP contribution in [0.15, 0.2) is 36.7 Å². The molecule has 0 aliphatic carbocycles. The molecular weight excluding hydrogens is 372 g/mol. The number of nitrogens with zero attached hydrogens (tertiary/aromatic N) is 2. The van der Waals surface area contributed by atoms with Crippen LogP contribution in [-0.2, 0) is 11.2 Å². The highest BCUT2D eigenvalue weighted by Gasteiger charge is 2.08. The molecule has 0 saturated carbocycles. The van der Waals surface area contributed by atoms with E-state index in [-0.39, 0.29) is 5.97 Å². The van der Waals surface area contributed by atoms with Crippen LogP contribution in [0.3, 0.4) is 0 Å². The summed E-state index contributed by atoms with van der Waals surface area (Å²) in [5, 5.41) is 0. The van der Waals surface area contributed by atoms with Crippen molar-refractivity contribution in [3.05, 3.63) is 47.8 Å². The molecule has 0 bridgehead atoms. The Morgan fingerprint density at radius 2 is 1.33 bits per heavy atom. The molecule has 0 N–H and O–H groups in total. The van der Waals surface area contributed by atoms with Gasteiger partial charge in [-0.2, -0.15) is 0 Å². The van der Waals surface area contributed by atoms with Crippen molar-refractivity contribution in [2.24, 2.45) is 0 Å². The third-order valence-corrected chi connectivity index (χ3v) is 5.38. The predicted octanol–water partition coefficient (Wildman–Crippen LogP) is 7.17. The highest BCUT2D eigenvalue weighted by Crippen LogP contribution is 2.17. The Hall–Kier alpha value is -2.23. The normalized spacial score (nSPS) is 10.9. The Morgan fingerprint density at radius 3 is 1.97 bits per heavy atom. The molecule has 1 aromatic carbocycles. The molecule has 164 valence electrons. The van der Waals surface area contributed by atoms with E-state index in [1.807, 2.05) is 24.5 Å². The highest BCUT2D eigenvalue weighted by atomic mass is 16.5. The number of carbonyl (C=O) groups is 1. The average molecular weight is 411 g/mol. The quantitative estimate of drug-likeness (QED) is 0.231. The number of rotatable bonds is 15. The maximum absolute atomic E-state index is 12.1. The zero-order valence-corrected chi connectivity index (χ0v) is 18.9. The lowest BCUT2D eigenvalue weighted by Gasteiger charge is -2.06. The predicted molar refractivity (Wildman–Crippen MR) is 124 cm³/mol. The Morgan fingerprint density at radius 1 is 0.767 bits per heavy atom. The SMILES string of the molecule is CCCCCCCCCCc1cnc(-c2ccc(C(=O)OCCCCC)cc2)nc1. The van der Waals surface area contributed by atoms with Gasteiger partial charge in [-0.05, 0) is 37.0 Å². The Bertz CT molecular complexity index is 711. The Kier molecular flexibility index (Phi) is 11.8. The first-order valence-corrected chi connectivity index (χ1v) is 11.8. The minimum absolute atomic E-state index is 0.265. The standard InChI is InChI=1S/C26H38N2O2/c1-3-5-7-8-9-10-11-12-14-22-20-27-25(28-21-22)23-15-17-24(18-16-23)26(29)30-19-13-6-4-2/h15-18,20-21H,3-14,19H2,1-2H3. The van der Waals surface area contributed by atoms with E-state index >= 15 is 0 Å². The maximum Gasteiger partial charge on any atom is 0.338 e. The van der Waals surface area contributed by atoms with Crippen LogP contribution in [0.5, 0.6) is 0 Å². The first-order chi connectivity index (χ1) is 14.7. The van der Waals surface area contributed by atoms with E-state index in [2.05, 4.69) is 23.8 Å². The molecule has 0 fully saturated rings. The molecule has 1 aromatic heterocycles. The molecule has 0 aliphatic heterocycles. The average Bonchev–Trinajstić information content (AvgIpc) is 2.79. The van der Waals surface area contributed by atoms with E-state index in [9.17, 15) is 4.79 Å². The van der Waals surface area contributed by atoms with Crippen LogP contribution in [0.4, 0.5) is 0 Å². The molecule has 2 rings (SSSR count). The maximum atomic E-state index is 12.1. The van der Waals surface area contributed by atoms with Crippen molar-refractivity contribution in [2.75, 3.05) is 6.61 Å². The summed E-state index contributed by atoms with van der Waals surface area (Å²) < 4.78 is 5.30. The molecule has 0 amide bonds. The molecule has 4 heteroatoms. The zero-order chi connectivity index (χ0) is 21.4. The zero-order valence-electron chi connectivity index (χ0n) is 18.9. The molecule has 1 heterocycles. The summed E-state index contributed by atoms with van der Waals surface area (Å²) >= 11 is 0. The summed E-state index contributed by atoms with van der Waals surface area (Å²) in [6.07, 6.45) is 18.6. The van der Waals surface area contributed by atoms with Crippen molar-refractivity contribution >= 4 is 5.97 Å². The second-order valence-electron chi connectivity index (χ2n) is 8.06. The van der Waals surface area contributed by atoms with Gasteiger partial charge < -0.3 is 4.74 Å². The summed E-state index contributed by atoms with van der Waals surface area (Å²) in [4.78, 5) is 21.1. The lowest BCUT2D eigenvalue weighted by Crippen LogP contribution is -2.06. The van der Waals surface area contributed by atoms with Crippen LogP contribution in [0.1, 0.15) is 100 Å². The number of hydrogen-bond donors (Lipinski definition) is 0. The van der Waals surface area contributed by atoms with Crippen LogP contribution >= 0.6 is 0 Å². The van der Waals surface area contributed by atoms with Gasteiger partial charge in [0, 0.05) is 18.0 Å². The number of unbranched alkanes of at least 4 members (excludes halogenated alkanes) is 9. The van der Waals surface area contributed by atoms with Gasteiger partial charge in [0.05, 0.1) is 12.2 Å². The van der Waals surface area contributed by atoms with Crippen LogP contribution < -0.4 is 0 Å². The van der Waals surface area contributed by atoms with Crippen LogP contribution in [0.2, 0.25) is 0 Å². The number of benzene rings is 1. The van der Waals surface area contributed by atoms with Gasteiger partial charge in [-0.15, -0.1) is 0 Å². The number of carbonyl (C=O) groups excluding carboxylic acids is 1. The molecule has 0 atom stereocenters. The number of esters is 1. The fourth-order valence-electron chi connectivity index (χ4n) is 3.45. The fourth-order valence-corrected chi connectivity index (χ4v) is 3.45. The summed E-state index contributed by atoms with van der Waals surface area (Å²) in [6, 6.07) is 7.34. The summed E-state index contributed by atoms with van der Waals surface area (Å²) in [5.41, 5.74) is 2.68. The molecule has 0 unspecified atom stereocenters. The number of ether oxygens (including phenoxy) is 1. The van der Waals surface area contributed by atoms with E-state index in [0.29, 0.717) is 18.0 Å². The number of aromatic nitrogens is 2. The second kappa shape index (κ2) is 14.7. The monoisotopic (exact) mass is 410 g/mol. The van der Waals surface area contributed by atoms with Crippen molar-refractivity contribution in [1.29, 1.82) is 0 Å². The minimum atomic E-state index is -0.265. The van der Waals surface area contributed by atoms with Gasteiger partial charge in [-0.1, -0.05) is 83.8 Å². The lowest BCUT2D eigenvalue weighted by molar-refractivity contribution is 0.0498. The van der Waals surface area contributed by atoms with Gasteiger partial charge in [0.2, 0.25) is 0 Å². The van der Waals surface area contributed by atoms with Gasteiger partial charge in [0.25, 0.3) is 0 Å². The fraction of sp³-hybridized carbons (Fsp3) is 0.577. The van der Waals surface area contributed by atoms with Crippen LogP contribution in [-0.4, -0.2) is 22.5 Å². The first-order valence-electron chi connectivity index (χ1n) is 11.8. The van der Waals surface area contributed by atoms with Crippen molar-refractivity contribution in [2.45, 2.75) is 90.9 Å². The van der Waals surface area contributed by atoms with E-state index in [1.54, 1.807) is 12.1 Å². The molecule has 30 heavy (non-hydrogen) atoms. The molecule has 0 spiro atoms. The van der Waals surface area contributed by atoms with E-state index < -0.39 is 0 Å². The molecule has 0 radical (unpaired) electrons. The molecule has 4 nitrogen and oxygen atoms in total. The first kappa shape index (κ1) is 24.0. The summed E-state index contributed by atoms with van der Waals surface area (Å²) in [6.45, 7) is 4.87. The van der Waals surface area contributed by atoms with E-state index in [0.717, 1.165) is 31.2 Å². The van der Waals surface area contributed by atoms with E-state index in [1.165, 1.54) is 56.9 Å². The molecule has 2 aromatic rings. The highest BCUT2D eigenvalue weighted by molar-refractivity contribution is 5.89. The molecule has 0 aliphatic rings. The van der Waals surface area contributed by atoms with Gasteiger partial charge >= 0.3 is 5.97 Å². The van der Waals surface area contributed by atoms with Crippen molar-refractivity contribution in [3.63, 3.8) is 0 Å². The number of aryl methyl sites for hydroxylation is 1. The Balaban J connectivity index is 1.73. The van der Waals surface area contributed by atoms with Gasteiger partial charge in [0.1, 0.15) is 0 Å². The summed E-state index contributed by atoms with van der Waals surface area (Å²) in [7, 11) is 0. The smallest absolute Gasteiger partial charge is 0.338 e. The molecule has 0 saturated heterocycles. The summed E-state index contributed by atoms with van der Waals surface area (Å²) in [5.74, 6) is 0.428. The second-order valence-corrected chi connectivity index (χ2v) is 8.06. The topological polar surface area (TPSA) is 52.1 Å². The van der Waals surface area contributed by atoms with E-state index in [4.69, 9.17) is 4.74 Å². The lowest BCUT2D eigenvalue weighted by atomic mass is 10.1. The largest absolute Gasteiger partial charge is 0.462 e. The van der Waals surface area contributed by atoms with Gasteiger partial charge in [-0.3, -0.25) is 0 Å². The molecular formula is C26H38N2O2. The third-order valence-electron chi connectivity index (χ3n) is 5.38. The van der Waals surface area contributed by atoms with Gasteiger partial charge in [0.15, 0.2) is 5.82 Å². The third kappa shape index (κ3) is 9.06. The van der Waals surface area contributed by atoms with Crippen LogP contribution in [0.25, 0.3) is 11.4 Å². The number of hydrogen-bond acceptors (Lipinski definition) is 4. The van der Waals surface area contributed by atoms with Gasteiger partial charge in [-0.25, -0.2) is 14.8 Å². The van der Waals surface area contributed by atoms with Crippen molar-refractivity contribution in [3.8, 4) is 11.4 Å². The minimum Gasteiger partial charge on any atom is -0.462 e. The van der Waals surface area contributed by atoms with Crippen LogP contribution in [0, 0.1) is 0 Å². The van der Waals surface area contributed by atoms with Crippen molar-refractivity contribution in [1.82, 2.24) is 9.97 Å². The Labute approximate surface area is 182 Å². The van der Waals surface area contributed by atoms with Crippen molar-refractivity contribution < 1.29 is 9.53 Å².